The lowest BCUT2D eigenvalue weighted by molar-refractivity contribution is 0.0488. The summed E-state index contributed by atoms with van der Waals surface area (Å²) in [5, 5.41) is 3.11. The number of ether oxygens (including phenoxy) is 1. The molecule has 0 radical (unpaired) electrons. The molecular weight excluding hydrogens is 360 g/mol. The normalized spacial score (nSPS) is 12.9. The van der Waals surface area contributed by atoms with E-state index in [0.29, 0.717) is 0 Å². The summed E-state index contributed by atoms with van der Waals surface area (Å²) in [6.07, 6.45) is 17.1. The van der Waals surface area contributed by atoms with Crippen molar-refractivity contribution in [3.8, 4) is 0 Å². The van der Waals surface area contributed by atoms with Gasteiger partial charge in [-0.3, -0.25) is 0 Å². The first-order valence-corrected chi connectivity index (χ1v) is 12.5. The van der Waals surface area contributed by atoms with Crippen LogP contribution in [0, 0.1) is 0 Å². The lowest BCUT2D eigenvalue weighted by atomic mass is 10.0. The molecule has 0 saturated heterocycles. The van der Waals surface area contributed by atoms with Gasteiger partial charge in [-0.25, -0.2) is 4.79 Å². The molecule has 0 aromatic heterocycles. The molecule has 0 rings (SSSR count). The van der Waals surface area contributed by atoms with E-state index in [-0.39, 0.29) is 12.1 Å². The van der Waals surface area contributed by atoms with Gasteiger partial charge in [-0.15, -0.1) is 0 Å². The fourth-order valence-corrected chi connectivity index (χ4v) is 3.71. The standard InChI is InChI=1S/C25H52N2O2/c1-7-10-11-12-13-14-15-16-17-18-19-20-21-23(22-27(8-2)9-3)26-24(28)29-25(4,5)6/h23H,7-22H2,1-6H3,(H,26,28). The average molecular weight is 413 g/mol. The summed E-state index contributed by atoms with van der Waals surface area (Å²) in [5.74, 6) is 0. The average Bonchev–Trinajstić information content (AvgIpc) is 2.65. The zero-order chi connectivity index (χ0) is 22.0. The Balaban J connectivity index is 3.97. The Hall–Kier alpha value is -0.770. The Morgan fingerprint density at radius 3 is 1.66 bits per heavy atom. The maximum atomic E-state index is 12.2. The SMILES string of the molecule is CCCCCCCCCCCCCCC(CN(CC)CC)NC(=O)OC(C)(C)C. The molecule has 1 N–H and O–H groups in total. The zero-order valence-corrected chi connectivity index (χ0v) is 20.7. The lowest BCUT2D eigenvalue weighted by Crippen LogP contribution is -2.45. The molecule has 0 bridgehead atoms. The highest BCUT2D eigenvalue weighted by molar-refractivity contribution is 5.68. The number of likely N-dealkylation sites (N-methyl/N-ethyl adjacent to an activating group) is 1. The van der Waals surface area contributed by atoms with Crippen LogP contribution in [0.3, 0.4) is 0 Å². The first kappa shape index (κ1) is 28.2. The predicted octanol–water partition coefficient (Wildman–Crippen LogP) is 7.31. The quantitative estimate of drug-likeness (QED) is 0.240. The van der Waals surface area contributed by atoms with Gasteiger partial charge in [0.2, 0.25) is 0 Å². The van der Waals surface area contributed by atoms with Crippen molar-refractivity contribution in [3.05, 3.63) is 0 Å². The molecule has 0 aromatic carbocycles. The minimum absolute atomic E-state index is 0.174. The van der Waals surface area contributed by atoms with Gasteiger partial charge >= 0.3 is 6.09 Å². The van der Waals surface area contributed by atoms with Gasteiger partial charge in [0.1, 0.15) is 5.60 Å². The third-order valence-electron chi connectivity index (χ3n) is 5.50. The van der Waals surface area contributed by atoms with Crippen molar-refractivity contribution in [2.75, 3.05) is 19.6 Å². The molecule has 0 spiro atoms. The second kappa shape index (κ2) is 18.0. The van der Waals surface area contributed by atoms with Crippen molar-refractivity contribution >= 4 is 6.09 Å². The van der Waals surface area contributed by atoms with Crippen molar-refractivity contribution in [3.63, 3.8) is 0 Å². The molecule has 1 atom stereocenters. The molecule has 4 heteroatoms. The number of nitrogens with zero attached hydrogens (tertiary/aromatic N) is 1. The molecule has 0 saturated carbocycles. The number of hydrogen-bond donors (Lipinski definition) is 1. The van der Waals surface area contributed by atoms with E-state index < -0.39 is 5.60 Å². The Morgan fingerprint density at radius 1 is 0.793 bits per heavy atom. The fourth-order valence-electron chi connectivity index (χ4n) is 3.71. The van der Waals surface area contributed by atoms with Gasteiger partial charge in [0, 0.05) is 12.6 Å². The minimum atomic E-state index is -0.445. The van der Waals surface area contributed by atoms with Crippen molar-refractivity contribution in [2.45, 2.75) is 137 Å². The molecule has 1 unspecified atom stereocenters. The topological polar surface area (TPSA) is 41.6 Å². The van der Waals surface area contributed by atoms with Crippen molar-refractivity contribution in [1.29, 1.82) is 0 Å². The number of carbonyl (C=O) groups excluding carboxylic acids is 1. The number of unbranched alkanes of at least 4 members (excludes halogenated alkanes) is 11. The first-order valence-electron chi connectivity index (χ1n) is 12.5. The molecule has 0 aliphatic carbocycles. The van der Waals surface area contributed by atoms with E-state index in [1.165, 1.54) is 77.0 Å². The van der Waals surface area contributed by atoms with Crippen LogP contribution in [-0.4, -0.2) is 42.3 Å². The smallest absolute Gasteiger partial charge is 0.407 e. The molecule has 0 aromatic rings. The van der Waals surface area contributed by atoms with E-state index in [9.17, 15) is 4.79 Å². The van der Waals surface area contributed by atoms with Crippen LogP contribution >= 0.6 is 0 Å². The number of alkyl carbamates (subject to hydrolysis) is 1. The fraction of sp³-hybridized carbons (Fsp3) is 0.960. The van der Waals surface area contributed by atoms with Crippen molar-refractivity contribution in [1.82, 2.24) is 10.2 Å². The second-order valence-corrected chi connectivity index (χ2v) is 9.51. The molecule has 0 fully saturated rings. The maximum absolute atomic E-state index is 12.2. The van der Waals surface area contributed by atoms with E-state index in [2.05, 4.69) is 31.0 Å². The second-order valence-electron chi connectivity index (χ2n) is 9.51. The van der Waals surface area contributed by atoms with Gasteiger partial charge < -0.3 is 15.0 Å². The van der Waals surface area contributed by atoms with E-state index in [4.69, 9.17) is 4.74 Å². The van der Waals surface area contributed by atoms with Crippen LogP contribution in [0.5, 0.6) is 0 Å². The van der Waals surface area contributed by atoms with Crippen LogP contribution in [0.15, 0.2) is 0 Å². The number of hydrogen-bond acceptors (Lipinski definition) is 3. The third kappa shape index (κ3) is 19.0. The van der Waals surface area contributed by atoms with Gasteiger partial charge in [0.05, 0.1) is 0 Å². The van der Waals surface area contributed by atoms with Gasteiger partial charge in [-0.1, -0.05) is 97.8 Å². The van der Waals surface area contributed by atoms with Crippen LogP contribution in [0.1, 0.15) is 125 Å². The highest BCUT2D eigenvalue weighted by Crippen LogP contribution is 2.14. The van der Waals surface area contributed by atoms with E-state index in [1.807, 2.05) is 20.8 Å². The van der Waals surface area contributed by atoms with Gasteiger partial charge in [-0.2, -0.15) is 0 Å². The molecule has 1 amide bonds. The van der Waals surface area contributed by atoms with Crippen LogP contribution in [0.2, 0.25) is 0 Å². The summed E-state index contributed by atoms with van der Waals surface area (Å²) in [6.45, 7) is 15.3. The number of amides is 1. The Bertz CT molecular complexity index is 376. The predicted molar refractivity (Wildman–Crippen MR) is 127 cm³/mol. The minimum Gasteiger partial charge on any atom is -0.444 e. The van der Waals surface area contributed by atoms with Gasteiger partial charge in [-0.05, 0) is 40.3 Å². The van der Waals surface area contributed by atoms with Gasteiger partial charge in [0.25, 0.3) is 0 Å². The Morgan fingerprint density at radius 2 is 1.24 bits per heavy atom. The van der Waals surface area contributed by atoms with Crippen LogP contribution in [0.25, 0.3) is 0 Å². The Kier molecular flexibility index (Phi) is 17.6. The molecule has 29 heavy (non-hydrogen) atoms. The number of nitrogens with one attached hydrogen (secondary N) is 1. The molecule has 174 valence electrons. The third-order valence-corrected chi connectivity index (χ3v) is 5.50. The first-order chi connectivity index (χ1) is 13.8. The van der Waals surface area contributed by atoms with Crippen LogP contribution in [-0.2, 0) is 4.74 Å². The highest BCUT2D eigenvalue weighted by Gasteiger charge is 2.20. The highest BCUT2D eigenvalue weighted by atomic mass is 16.6. The number of rotatable bonds is 18. The monoisotopic (exact) mass is 412 g/mol. The van der Waals surface area contributed by atoms with Crippen LogP contribution < -0.4 is 5.32 Å². The molecule has 0 aliphatic heterocycles. The van der Waals surface area contributed by atoms with Crippen molar-refractivity contribution < 1.29 is 9.53 Å². The summed E-state index contributed by atoms with van der Waals surface area (Å²) >= 11 is 0. The largest absolute Gasteiger partial charge is 0.444 e. The van der Waals surface area contributed by atoms with E-state index in [0.717, 1.165) is 26.1 Å². The van der Waals surface area contributed by atoms with E-state index >= 15 is 0 Å². The van der Waals surface area contributed by atoms with Gasteiger partial charge in [0.15, 0.2) is 0 Å². The van der Waals surface area contributed by atoms with Crippen molar-refractivity contribution in [2.24, 2.45) is 0 Å². The Labute approximate surface area is 182 Å². The van der Waals surface area contributed by atoms with E-state index in [1.54, 1.807) is 0 Å². The van der Waals surface area contributed by atoms with Crippen LogP contribution in [0.4, 0.5) is 4.79 Å². The maximum Gasteiger partial charge on any atom is 0.407 e. The number of carbonyl (C=O) groups is 1. The molecular formula is C25H52N2O2. The molecule has 0 aliphatic rings. The summed E-state index contributed by atoms with van der Waals surface area (Å²) in [4.78, 5) is 14.6. The molecule has 4 nitrogen and oxygen atoms in total. The summed E-state index contributed by atoms with van der Waals surface area (Å²) in [7, 11) is 0. The molecule has 0 heterocycles. The summed E-state index contributed by atoms with van der Waals surface area (Å²) in [6, 6.07) is 0.174. The zero-order valence-electron chi connectivity index (χ0n) is 20.7. The summed E-state index contributed by atoms with van der Waals surface area (Å²) in [5.41, 5.74) is -0.445. The summed E-state index contributed by atoms with van der Waals surface area (Å²) < 4.78 is 5.46. The lowest BCUT2D eigenvalue weighted by Gasteiger charge is -2.28.